The smallest absolute Gasteiger partial charge is 0.377 e. The van der Waals surface area contributed by atoms with E-state index in [1.807, 2.05) is 13.0 Å². The molecule has 1 unspecified atom stereocenters. The fraction of sp³-hybridized carbons (Fsp3) is 0.214. The largest absolute Gasteiger partial charge is 0.416 e. The fourth-order valence-electron chi connectivity index (χ4n) is 1.79. The van der Waals surface area contributed by atoms with E-state index in [1.165, 1.54) is 6.07 Å². The zero-order valence-electron chi connectivity index (χ0n) is 10.6. The number of alkyl halides is 3. The van der Waals surface area contributed by atoms with Crippen LogP contribution >= 0.6 is 11.6 Å². The lowest BCUT2D eigenvalue weighted by molar-refractivity contribution is -0.137. The van der Waals surface area contributed by atoms with Gasteiger partial charge in [-0.2, -0.15) is 13.2 Å². The lowest BCUT2D eigenvalue weighted by Gasteiger charge is -2.16. The SMILES string of the molecule is CC(Nc1cc(Cl)cc(C(F)(F)F)c1)c1ccccn1. The monoisotopic (exact) mass is 300 g/mol. The molecule has 0 aliphatic rings. The number of hydrogen-bond acceptors (Lipinski definition) is 2. The van der Waals surface area contributed by atoms with E-state index in [-0.39, 0.29) is 11.1 Å². The molecule has 20 heavy (non-hydrogen) atoms. The average molecular weight is 301 g/mol. The van der Waals surface area contributed by atoms with Crippen LogP contribution in [-0.4, -0.2) is 4.98 Å². The van der Waals surface area contributed by atoms with Crippen LogP contribution in [0.3, 0.4) is 0 Å². The highest BCUT2D eigenvalue weighted by Gasteiger charge is 2.31. The average Bonchev–Trinajstić information content (AvgIpc) is 2.38. The van der Waals surface area contributed by atoms with E-state index in [0.717, 1.165) is 17.8 Å². The van der Waals surface area contributed by atoms with E-state index in [1.54, 1.807) is 18.3 Å². The molecule has 0 saturated carbocycles. The third kappa shape index (κ3) is 3.63. The van der Waals surface area contributed by atoms with Crippen molar-refractivity contribution in [1.82, 2.24) is 4.98 Å². The second-order valence-corrected chi connectivity index (χ2v) is 4.78. The van der Waals surface area contributed by atoms with Crippen molar-refractivity contribution in [3.63, 3.8) is 0 Å². The van der Waals surface area contributed by atoms with Gasteiger partial charge in [-0.15, -0.1) is 0 Å². The van der Waals surface area contributed by atoms with Gasteiger partial charge in [0, 0.05) is 16.9 Å². The number of hydrogen-bond donors (Lipinski definition) is 1. The molecule has 2 aromatic rings. The van der Waals surface area contributed by atoms with E-state index in [4.69, 9.17) is 11.6 Å². The molecule has 1 N–H and O–H groups in total. The molecule has 1 aromatic heterocycles. The molecular weight excluding hydrogens is 289 g/mol. The summed E-state index contributed by atoms with van der Waals surface area (Å²) in [6.07, 6.45) is -2.79. The van der Waals surface area contributed by atoms with Crippen LogP contribution in [0.15, 0.2) is 42.6 Å². The summed E-state index contributed by atoms with van der Waals surface area (Å²) in [4.78, 5) is 4.15. The maximum atomic E-state index is 12.7. The van der Waals surface area contributed by atoms with Crippen molar-refractivity contribution in [3.8, 4) is 0 Å². The van der Waals surface area contributed by atoms with Crippen LogP contribution in [0, 0.1) is 0 Å². The molecule has 2 rings (SSSR count). The summed E-state index contributed by atoms with van der Waals surface area (Å²) in [6, 6.07) is 8.56. The number of pyridine rings is 1. The van der Waals surface area contributed by atoms with Gasteiger partial charge in [0.25, 0.3) is 0 Å². The first-order valence-electron chi connectivity index (χ1n) is 5.91. The van der Waals surface area contributed by atoms with Crippen molar-refractivity contribution in [2.75, 3.05) is 5.32 Å². The van der Waals surface area contributed by atoms with E-state index in [9.17, 15) is 13.2 Å². The van der Waals surface area contributed by atoms with Gasteiger partial charge in [-0.05, 0) is 37.3 Å². The molecule has 0 amide bonds. The molecular formula is C14H12ClF3N2. The van der Waals surface area contributed by atoms with Crippen molar-refractivity contribution in [1.29, 1.82) is 0 Å². The highest BCUT2D eigenvalue weighted by molar-refractivity contribution is 6.30. The topological polar surface area (TPSA) is 24.9 Å². The molecule has 0 bridgehead atoms. The van der Waals surface area contributed by atoms with Crippen LogP contribution in [0.1, 0.15) is 24.2 Å². The summed E-state index contributed by atoms with van der Waals surface area (Å²) in [7, 11) is 0. The highest BCUT2D eigenvalue weighted by atomic mass is 35.5. The van der Waals surface area contributed by atoms with Crippen LogP contribution in [0.5, 0.6) is 0 Å². The molecule has 0 fully saturated rings. The summed E-state index contributed by atoms with van der Waals surface area (Å²) in [5.74, 6) is 0. The molecule has 0 saturated heterocycles. The molecule has 0 radical (unpaired) electrons. The van der Waals surface area contributed by atoms with Gasteiger partial charge in [-0.3, -0.25) is 4.98 Å². The molecule has 0 spiro atoms. The molecule has 0 aliphatic carbocycles. The minimum Gasteiger partial charge on any atom is -0.377 e. The Bertz CT molecular complexity index is 585. The van der Waals surface area contributed by atoms with Crippen LogP contribution < -0.4 is 5.32 Å². The Morgan fingerprint density at radius 3 is 2.55 bits per heavy atom. The third-order valence-corrected chi connectivity index (χ3v) is 2.96. The first-order chi connectivity index (χ1) is 9.36. The standard InChI is InChI=1S/C14H12ClF3N2/c1-9(13-4-2-3-5-19-13)20-12-7-10(14(16,17)18)6-11(15)8-12/h2-9,20H,1H3. The number of nitrogens with zero attached hydrogens (tertiary/aromatic N) is 1. The number of benzene rings is 1. The summed E-state index contributed by atoms with van der Waals surface area (Å²) < 4.78 is 38.1. The maximum absolute atomic E-state index is 12.7. The Morgan fingerprint density at radius 1 is 1.20 bits per heavy atom. The van der Waals surface area contributed by atoms with Crippen molar-refractivity contribution in [3.05, 3.63) is 58.9 Å². The highest BCUT2D eigenvalue weighted by Crippen LogP contribution is 2.34. The number of anilines is 1. The Kier molecular flexibility index (Phi) is 4.18. The van der Waals surface area contributed by atoms with Gasteiger partial charge in [0.2, 0.25) is 0 Å². The van der Waals surface area contributed by atoms with Crippen LogP contribution in [-0.2, 0) is 6.18 Å². The van der Waals surface area contributed by atoms with Gasteiger partial charge in [0.1, 0.15) is 0 Å². The minimum absolute atomic E-state index is 0.0375. The van der Waals surface area contributed by atoms with Gasteiger partial charge in [0.05, 0.1) is 17.3 Å². The Hall–Kier alpha value is -1.75. The molecule has 1 atom stereocenters. The lowest BCUT2D eigenvalue weighted by atomic mass is 10.1. The Balaban J connectivity index is 2.24. The quantitative estimate of drug-likeness (QED) is 0.869. The summed E-state index contributed by atoms with van der Waals surface area (Å²) in [5.41, 5.74) is 0.268. The molecule has 6 heteroatoms. The zero-order chi connectivity index (χ0) is 14.8. The Labute approximate surface area is 119 Å². The summed E-state index contributed by atoms with van der Waals surface area (Å²) in [6.45, 7) is 1.82. The van der Waals surface area contributed by atoms with Gasteiger partial charge in [-0.25, -0.2) is 0 Å². The first-order valence-corrected chi connectivity index (χ1v) is 6.29. The summed E-state index contributed by atoms with van der Waals surface area (Å²) >= 11 is 5.73. The van der Waals surface area contributed by atoms with Crippen LogP contribution in [0.2, 0.25) is 5.02 Å². The van der Waals surface area contributed by atoms with Crippen molar-refractivity contribution in [2.24, 2.45) is 0 Å². The Morgan fingerprint density at radius 2 is 1.95 bits per heavy atom. The van der Waals surface area contributed by atoms with Crippen LogP contribution in [0.25, 0.3) is 0 Å². The van der Waals surface area contributed by atoms with Crippen LogP contribution in [0.4, 0.5) is 18.9 Å². The van der Waals surface area contributed by atoms with E-state index in [0.29, 0.717) is 5.69 Å². The maximum Gasteiger partial charge on any atom is 0.416 e. The fourth-order valence-corrected chi connectivity index (χ4v) is 2.03. The zero-order valence-corrected chi connectivity index (χ0v) is 11.3. The molecule has 0 aliphatic heterocycles. The van der Waals surface area contributed by atoms with Gasteiger partial charge >= 0.3 is 6.18 Å². The first kappa shape index (κ1) is 14.7. The van der Waals surface area contributed by atoms with E-state index in [2.05, 4.69) is 10.3 Å². The number of rotatable bonds is 3. The van der Waals surface area contributed by atoms with E-state index < -0.39 is 11.7 Å². The molecule has 1 heterocycles. The predicted molar refractivity (Wildman–Crippen MR) is 72.7 cm³/mol. The minimum atomic E-state index is -4.42. The molecule has 2 nitrogen and oxygen atoms in total. The van der Waals surface area contributed by atoms with Gasteiger partial charge in [0.15, 0.2) is 0 Å². The third-order valence-electron chi connectivity index (χ3n) is 2.74. The van der Waals surface area contributed by atoms with E-state index >= 15 is 0 Å². The number of nitrogens with one attached hydrogen (secondary N) is 1. The van der Waals surface area contributed by atoms with Gasteiger partial charge < -0.3 is 5.32 Å². The molecule has 1 aromatic carbocycles. The normalized spacial score (nSPS) is 13.1. The number of halogens is 4. The van der Waals surface area contributed by atoms with Gasteiger partial charge in [-0.1, -0.05) is 17.7 Å². The molecule has 106 valence electrons. The van der Waals surface area contributed by atoms with Crippen molar-refractivity contribution >= 4 is 17.3 Å². The number of aromatic nitrogens is 1. The van der Waals surface area contributed by atoms with Crippen molar-refractivity contribution in [2.45, 2.75) is 19.1 Å². The van der Waals surface area contributed by atoms with Crippen molar-refractivity contribution < 1.29 is 13.2 Å². The lowest BCUT2D eigenvalue weighted by Crippen LogP contribution is -2.10. The predicted octanol–water partition coefficient (Wildman–Crippen LogP) is 4.93. The second kappa shape index (κ2) is 5.71. The summed E-state index contributed by atoms with van der Waals surface area (Å²) in [5, 5.41) is 3.00. The second-order valence-electron chi connectivity index (χ2n) is 4.35.